The van der Waals surface area contributed by atoms with Crippen LogP contribution in [0.2, 0.25) is 0 Å². The Bertz CT molecular complexity index is 892. The van der Waals surface area contributed by atoms with E-state index in [0.29, 0.717) is 37.5 Å². The minimum atomic E-state index is -0.394. The summed E-state index contributed by atoms with van der Waals surface area (Å²) in [7, 11) is 0. The van der Waals surface area contributed by atoms with Crippen molar-refractivity contribution in [1.29, 1.82) is 0 Å². The van der Waals surface area contributed by atoms with Gasteiger partial charge in [-0.25, -0.2) is 4.79 Å². The summed E-state index contributed by atoms with van der Waals surface area (Å²) in [6.07, 6.45) is 1.11. The van der Waals surface area contributed by atoms with Gasteiger partial charge >= 0.3 is 5.97 Å². The molecular weight excluding hydrogens is 368 g/mol. The summed E-state index contributed by atoms with van der Waals surface area (Å²) in [4.78, 5) is 40.0. The second-order valence-electron chi connectivity index (χ2n) is 7.02. The predicted molar refractivity (Wildman–Crippen MR) is 111 cm³/mol. The monoisotopic (exact) mass is 394 g/mol. The molecule has 0 unspecified atom stereocenters. The van der Waals surface area contributed by atoms with Gasteiger partial charge in [0.05, 0.1) is 12.2 Å². The second-order valence-corrected chi connectivity index (χ2v) is 7.02. The molecule has 6 heteroatoms. The quantitative estimate of drug-likeness (QED) is 0.706. The van der Waals surface area contributed by atoms with Gasteiger partial charge in [0.2, 0.25) is 11.8 Å². The Hall–Kier alpha value is -3.15. The standard InChI is InChI=1S/C23H26N2O4/c1-3-29-23(28)19-8-10-21(11-9-19)25(17(2)26)15-13-22(27)24-14-12-18-6-4-5-7-20(18)16-24/h4-11H,3,12-16H2,1-2H3. The molecular formula is C23H26N2O4. The third-order valence-electron chi connectivity index (χ3n) is 5.10. The van der Waals surface area contributed by atoms with Gasteiger partial charge in [0, 0.05) is 38.7 Å². The first-order chi connectivity index (χ1) is 14.0. The number of benzene rings is 2. The van der Waals surface area contributed by atoms with E-state index in [2.05, 4.69) is 12.1 Å². The number of amides is 2. The molecule has 0 aromatic heterocycles. The van der Waals surface area contributed by atoms with Gasteiger partial charge in [-0.2, -0.15) is 0 Å². The van der Waals surface area contributed by atoms with E-state index in [1.807, 2.05) is 17.0 Å². The van der Waals surface area contributed by atoms with Gasteiger partial charge in [-0.1, -0.05) is 24.3 Å². The molecule has 3 rings (SSSR count). The van der Waals surface area contributed by atoms with E-state index in [4.69, 9.17) is 4.74 Å². The van der Waals surface area contributed by atoms with Gasteiger partial charge in [0.1, 0.15) is 0 Å². The smallest absolute Gasteiger partial charge is 0.338 e. The zero-order valence-electron chi connectivity index (χ0n) is 16.9. The normalized spacial score (nSPS) is 12.8. The molecule has 2 aromatic rings. The number of ether oxygens (including phenoxy) is 1. The van der Waals surface area contributed by atoms with E-state index < -0.39 is 5.97 Å². The Morgan fingerprint density at radius 2 is 1.72 bits per heavy atom. The number of rotatable bonds is 6. The minimum absolute atomic E-state index is 0.0360. The van der Waals surface area contributed by atoms with Crippen molar-refractivity contribution >= 4 is 23.5 Å². The lowest BCUT2D eigenvalue weighted by atomic mass is 10.00. The Morgan fingerprint density at radius 1 is 1.03 bits per heavy atom. The third kappa shape index (κ3) is 5.02. The molecule has 0 N–H and O–H groups in total. The third-order valence-corrected chi connectivity index (χ3v) is 5.10. The first-order valence-corrected chi connectivity index (χ1v) is 9.89. The average molecular weight is 394 g/mol. The highest BCUT2D eigenvalue weighted by Gasteiger charge is 2.22. The van der Waals surface area contributed by atoms with Crippen molar-refractivity contribution in [3.8, 4) is 0 Å². The SMILES string of the molecule is CCOC(=O)c1ccc(N(CCC(=O)N2CCc3ccccc3C2)C(C)=O)cc1. The summed E-state index contributed by atoms with van der Waals surface area (Å²) in [6.45, 7) is 5.14. The van der Waals surface area contributed by atoms with Crippen LogP contribution < -0.4 is 4.90 Å². The molecule has 0 atom stereocenters. The predicted octanol–water partition coefficient (Wildman–Crippen LogP) is 3.19. The summed E-state index contributed by atoms with van der Waals surface area (Å²) in [5.74, 6) is -0.506. The van der Waals surface area contributed by atoms with Crippen LogP contribution in [0.5, 0.6) is 0 Å². The first kappa shape index (κ1) is 20.6. The lowest BCUT2D eigenvalue weighted by molar-refractivity contribution is -0.131. The minimum Gasteiger partial charge on any atom is -0.462 e. The number of carbonyl (C=O) groups excluding carboxylic acids is 3. The molecule has 0 fully saturated rings. The fourth-order valence-corrected chi connectivity index (χ4v) is 3.53. The van der Waals surface area contributed by atoms with Gasteiger partial charge in [0.15, 0.2) is 0 Å². The van der Waals surface area contributed by atoms with Gasteiger partial charge in [-0.05, 0) is 48.7 Å². The van der Waals surface area contributed by atoms with Crippen LogP contribution in [0, 0.1) is 0 Å². The fraction of sp³-hybridized carbons (Fsp3) is 0.348. The molecule has 0 saturated carbocycles. The number of carbonyl (C=O) groups is 3. The van der Waals surface area contributed by atoms with Crippen molar-refractivity contribution in [2.75, 3.05) is 24.6 Å². The Labute approximate surface area is 171 Å². The molecule has 1 aliphatic rings. The average Bonchev–Trinajstić information content (AvgIpc) is 2.73. The summed E-state index contributed by atoms with van der Waals surface area (Å²) in [6, 6.07) is 14.8. The lowest BCUT2D eigenvalue weighted by Crippen LogP contribution is -2.39. The van der Waals surface area contributed by atoms with Gasteiger partial charge in [0.25, 0.3) is 0 Å². The second kappa shape index (κ2) is 9.37. The molecule has 29 heavy (non-hydrogen) atoms. The molecule has 0 spiro atoms. The molecule has 2 aromatic carbocycles. The Morgan fingerprint density at radius 3 is 2.38 bits per heavy atom. The zero-order valence-corrected chi connectivity index (χ0v) is 16.9. The molecule has 0 radical (unpaired) electrons. The highest BCUT2D eigenvalue weighted by atomic mass is 16.5. The van der Waals surface area contributed by atoms with Gasteiger partial charge in [-0.15, -0.1) is 0 Å². The molecule has 0 aliphatic carbocycles. The molecule has 1 heterocycles. The van der Waals surface area contributed by atoms with Crippen molar-refractivity contribution in [2.45, 2.75) is 33.2 Å². The zero-order chi connectivity index (χ0) is 20.8. The Kier molecular flexibility index (Phi) is 6.65. The molecule has 1 aliphatic heterocycles. The topological polar surface area (TPSA) is 66.9 Å². The maximum absolute atomic E-state index is 12.7. The number of hydrogen-bond donors (Lipinski definition) is 0. The van der Waals surface area contributed by atoms with Gasteiger partial charge in [-0.3, -0.25) is 9.59 Å². The van der Waals surface area contributed by atoms with E-state index in [1.165, 1.54) is 18.1 Å². The van der Waals surface area contributed by atoms with Crippen LogP contribution in [0.25, 0.3) is 0 Å². The van der Waals surface area contributed by atoms with Crippen molar-refractivity contribution in [1.82, 2.24) is 4.90 Å². The number of fused-ring (bicyclic) bond motifs is 1. The fourth-order valence-electron chi connectivity index (χ4n) is 3.53. The first-order valence-electron chi connectivity index (χ1n) is 9.89. The summed E-state index contributed by atoms with van der Waals surface area (Å²) in [5.41, 5.74) is 3.57. The van der Waals surface area contributed by atoms with Crippen LogP contribution in [-0.4, -0.2) is 42.4 Å². The van der Waals surface area contributed by atoms with Crippen LogP contribution in [0.4, 0.5) is 5.69 Å². The largest absolute Gasteiger partial charge is 0.462 e. The molecule has 0 saturated heterocycles. The molecule has 152 valence electrons. The summed E-state index contributed by atoms with van der Waals surface area (Å²) in [5, 5.41) is 0. The van der Waals surface area contributed by atoms with Crippen LogP contribution in [-0.2, 0) is 27.3 Å². The maximum Gasteiger partial charge on any atom is 0.338 e. The van der Waals surface area contributed by atoms with Crippen LogP contribution >= 0.6 is 0 Å². The molecule has 2 amide bonds. The Balaban J connectivity index is 1.62. The number of nitrogens with zero attached hydrogens (tertiary/aromatic N) is 2. The van der Waals surface area contributed by atoms with Crippen molar-refractivity contribution in [3.05, 3.63) is 65.2 Å². The van der Waals surface area contributed by atoms with Gasteiger partial charge < -0.3 is 14.5 Å². The lowest BCUT2D eigenvalue weighted by Gasteiger charge is -2.30. The summed E-state index contributed by atoms with van der Waals surface area (Å²) < 4.78 is 4.98. The van der Waals surface area contributed by atoms with Crippen molar-refractivity contribution in [3.63, 3.8) is 0 Å². The van der Waals surface area contributed by atoms with E-state index in [1.54, 1.807) is 36.1 Å². The van der Waals surface area contributed by atoms with Crippen LogP contribution in [0.15, 0.2) is 48.5 Å². The van der Waals surface area contributed by atoms with Crippen molar-refractivity contribution < 1.29 is 19.1 Å². The van der Waals surface area contributed by atoms with E-state index in [9.17, 15) is 14.4 Å². The maximum atomic E-state index is 12.7. The highest BCUT2D eigenvalue weighted by molar-refractivity contribution is 5.94. The van der Waals surface area contributed by atoms with Crippen molar-refractivity contribution in [2.24, 2.45) is 0 Å². The van der Waals surface area contributed by atoms with Crippen LogP contribution in [0.3, 0.4) is 0 Å². The van der Waals surface area contributed by atoms with E-state index in [-0.39, 0.29) is 18.2 Å². The highest BCUT2D eigenvalue weighted by Crippen LogP contribution is 2.20. The molecule has 0 bridgehead atoms. The molecule has 6 nitrogen and oxygen atoms in total. The van der Waals surface area contributed by atoms with E-state index >= 15 is 0 Å². The van der Waals surface area contributed by atoms with E-state index in [0.717, 1.165) is 6.42 Å². The number of hydrogen-bond acceptors (Lipinski definition) is 4. The van der Waals surface area contributed by atoms with Crippen LogP contribution in [0.1, 0.15) is 41.8 Å². The summed E-state index contributed by atoms with van der Waals surface area (Å²) >= 11 is 0. The number of esters is 1. The number of anilines is 1.